The highest BCUT2D eigenvalue weighted by molar-refractivity contribution is 5.98. The Labute approximate surface area is 508 Å². The summed E-state index contributed by atoms with van der Waals surface area (Å²) in [5, 5.41) is 0. The van der Waals surface area contributed by atoms with Crippen molar-refractivity contribution in [3.63, 3.8) is 0 Å². The van der Waals surface area contributed by atoms with Crippen molar-refractivity contribution in [2.75, 3.05) is 0 Å². The van der Waals surface area contributed by atoms with Crippen molar-refractivity contribution in [2.45, 2.75) is 124 Å². The minimum absolute atomic E-state index is 0.0533. The van der Waals surface area contributed by atoms with Crippen molar-refractivity contribution >= 4 is 0 Å². The van der Waals surface area contributed by atoms with Gasteiger partial charge in [-0.15, -0.1) is 0 Å². The maximum Gasteiger partial charge on any atom is 0.0714 e. The molecule has 0 saturated carbocycles. The van der Waals surface area contributed by atoms with Crippen LogP contribution in [0.3, 0.4) is 0 Å². The second-order valence-electron chi connectivity index (χ2n) is 28.4. The summed E-state index contributed by atoms with van der Waals surface area (Å²) in [5.74, 6) is 0. The minimum atomic E-state index is -0.709. The maximum atomic E-state index is 2.52. The summed E-state index contributed by atoms with van der Waals surface area (Å²) in [7, 11) is 0. The predicted octanol–water partition coefficient (Wildman–Crippen LogP) is 23.5. The Bertz CT molecular complexity index is 3930. The van der Waals surface area contributed by atoms with Crippen molar-refractivity contribution in [3.8, 4) is 89.0 Å². The molecule has 85 heavy (non-hydrogen) atoms. The lowest BCUT2D eigenvalue weighted by Gasteiger charge is -2.35. The quantitative estimate of drug-likeness (QED) is 0.135. The molecule has 11 aromatic rings. The first kappa shape index (κ1) is 56.9. The normalized spacial score (nSPS) is 13.2. The van der Waals surface area contributed by atoms with Gasteiger partial charge in [0.15, 0.2) is 0 Å². The van der Waals surface area contributed by atoms with E-state index in [9.17, 15) is 0 Å². The molecule has 0 nitrogen and oxygen atoms in total. The van der Waals surface area contributed by atoms with E-state index in [2.05, 4.69) is 340 Å². The molecule has 0 heteroatoms. The van der Waals surface area contributed by atoms with Gasteiger partial charge in [0.25, 0.3) is 0 Å². The number of hydrogen-bond donors (Lipinski definition) is 0. The molecular formula is C85H82. The SMILES string of the molecule is Cc1ccccc1-c1cccc2c1-c1c(C)cccc1C2(c1cccc(-c2cc(-c3ccc(C(C)(C)C)cc3)cc(-c3ccc(C(C)(C)C)cc3)c2)c1)c1cccc(-c2cc(-c3ccc(C(C)(C)C)cc3)cc(-c3ccc(C(C)(C)C)cc3)c2)c1. The smallest absolute Gasteiger partial charge is 0.0620 e. The molecule has 0 N–H and O–H groups in total. The van der Waals surface area contributed by atoms with Crippen molar-refractivity contribution in [1.29, 1.82) is 0 Å². The van der Waals surface area contributed by atoms with E-state index in [-0.39, 0.29) is 21.7 Å². The summed E-state index contributed by atoms with van der Waals surface area (Å²) in [6, 6.07) is 93.6. The zero-order valence-corrected chi connectivity index (χ0v) is 52.6. The molecule has 0 saturated heterocycles. The molecule has 0 atom stereocenters. The highest BCUT2D eigenvalue weighted by Crippen LogP contribution is 2.60. The first-order valence-electron chi connectivity index (χ1n) is 30.7. The third-order valence-electron chi connectivity index (χ3n) is 18.3. The van der Waals surface area contributed by atoms with Crippen molar-refractivity contribution in [2.24, 2.45) is 0 Å². The summed E-state index contributed by atoms with van der Waals surface area (Å²) < 4.78 is 0. The Balaban J connectivity index is 1.10. The third-order valence-corrected chi connectivity index (χ3v) is 18.3. The highest BCUT2D eigenvalue weighted by atomic mass is 14.5. The van der Waals surface area contributed by atoms with Crippen LogP contribution in [-0.4, -0.2) is 0 Å². The molecule has 0 radical (unpaired) electrons. The zero-order chi connectivity index (χ0) is 59.8. The van der Waals surface area contributed by atoms with E-state index in [0.29, 0.717) is 0 Å². The van der Waals surface area contributed by atoms with Crippen LogP contribution in [0, 0.1) is 13.8 Å². The van der Waals surface area contributed by atoms with E-state index in [1.54, 1.807) is 0 Å². The van der Waals surface area contributed by atoms with Gasteiger partial charge in [0, 0.05) is 0 Å². The van der Waals surface area contributed by atoms with Gasteiger partial charge in [-0.25, -0.2) is 0 Å². The van der Waals surface area contributed by atoms with Crippen LogP contribution < -0.4 is 0 Å². The lowest BCUT2D eigenvalue weighted by atomic mass is 9.66. The number of rotatable bonds is 9. The Morgan fingerprint density at radius 1 is 0.224 bits per heavy atom. The van der Waals surface area contributed by atoms with Crippen LogP contribution >= 0.6 is 0 Å². The fraction of sp³-hybridized carbons (Fsp3) is 0.224. The predicted molar refractivity (Wildman–Crippen MR) is 366 cm³/mol. The lowest BCUT2D eigenvalue weighted by molar-refractivity contribution is 0.590. The molecule has 0 aromatic heterocycles. The molecule has 0 heterocycles. The van der Waals surface area contributed by atoms with Gasteiger partial charge < -0.3 is 0 Å². The van der Waals surface area contributed by atoms with Gasteiger partial charge in [-0.2, -0.15) is 0 Å². The summed E-state index contributed by atoms with van der Waals surface area (Å²) in [6.07, 6.45) is 0. The number of fused-ring (bicyclic) bond motifs is 3. The van der Waals surface area contributed by atoms with Gasteiger partial charge in [-0.05, 0) is 229 Å². The second-order valence-corrected chi connectivity index (χ2v) is 28.4. The molecule has 12 rings (SSSR count). The average Bonchev–Trinajstić information content (AvgIpc) is 1.57. The zero-order valence-electron chi connectivity index (χ0n) is 52.6. The van der Waals surface area contributed by atoms with Gasteiger partial charge in [0.05, 0.1) is 5.41 Å². The molecular weight excluding hydrogens is 1020 g/mol. The number of aryl methyl sites for hydroxylation is 2. The molecule has 0 fully saturated rings. The molecule has 422 valence electrons. The van der Waals surface area contributed by atoms with Crippen molar-refractivity contribution in [1.82, 2.24) is 0 Å². The van der Waals surface area contributed by atoms with E-state index >= 15 is 0 Å². The summed E-state index contributed by atoms with van der Waals surface area (Å²) in [6.45, 7) is 32.1. The number of hydrogen-bond acceptors (Lipinski definition) is 0. The molecule has 1 aliphatic carbocycles. The van der Waals surface area contributed by atoms with E-state index in [4.69, 9.17) is 0 Å². The minimum Gasteiger partial charge on any atom is -0.0620 e. The first-order chi connectivity index (χ1) is 40.4. The van der Waals surface area contributed by atoms with Crippen LogP contribution in [-0.2, 0) is 27.1 Å². The van der Waals surface area contributed by atoms with Crippen LogP contribution in [0.25, 0.3) is 89.0 Å². The van der Waals surface area contributed by atoms with E-state index in [1.165, 1.54) is 145 Å². The van der Waals surface area contributed by atoms with Gasteiger partial charge in [0.2, 0.25) is 0 Å². The molecule has 0 amide bonds. The van der Waals surface area contributed by atoms with Crippen LogP contribution in [0.1, 0.15) is 139 Å². The number of benzene rings is 11. The molecule has 1 aliphatic rings. The fourth-order valence-corrected chi connectivity index (χ4v) is 13.2. The van der Waals surface area contributed by atoms with E-state index in [1.807, 2.05) is 0 Å². The Kier molecular flexibility index (Phi) is 14.4. The largest absolute Gasteiger partial charge is 0.0714 e. The molecule has 0 aliphatic heterocycles. The van der Waals surface area contributed by atoms with E-state index < -0.39 is 5.41 Å². The Morgan fingerprint density at radius 3 is 0.871 bits per heavy atom. The van der Waals surface area contributed by atoms with E-state index in [0.717, 1.165) is 0 Å². The average molecular weight is 1100 g/mol. The summed E-state index contributed by atoms with van der Waals surface area (Å²) in [4.78, 5) is 0. The fourth-order valence-electron chi connectivity index (χ4n) is 13.2. The Morgan fingerprint density at radius 2 is 0.518 bits per heavy atom. The lowest BCUT2D eigenvalue weighted by Crippen LogP contribution is -2.28. The molecule has 0 unspecified atom stereocenters. The van der Waals surface area contributed by atoms with Gasteiger partial charge in [-0.1, -0.05) is 277 Å². The standard InChI is InChI=1S/C85H82/c1-55-21-15-16-27-75(55)76-28-20-30-78-80(76)79-56(2)22-17-29-77(79)85(78,73-25-18-23-61(53-73)67-49-63(57-31-39-69(40-32-57)81(3,4)5)47-64(50-67)58-33-41-70(42-34-58)82(6,7)8)74-26-19-24-62(54-74)68-51-65(59-35-43-71(44-36-59)83(9,10)11)48-66(52-68)60-37-45-72(46-38-60)84(12,13)14/h15-54H,1-14H3. The molecule has 0 bridgehead atoms. The van der Waals surface area contributed by atoms with Crippen molar-refractivity contribution in [3.05, 3.63) is 298 Å². The van der Waals surface area contributed by atoms with Gasteiger partial charge in [-0.3, -0.25) is 0 Å². The highest BCUT2D eigenvalue weighted by Gasteiger charge is 2.48. The Hall–Kier alpha value is -8.58. The molecule has 0 spiro atoms. The summed E-state index contributed by atoms with van der Waals surface area (Å²) in [5.41, 5.74) is 31.9. The van der Waals surface area contributed by atoms with Gasteiger partial charge in [0.1, 0.15) is 0 Å². The van der Waals surface area contributed by atoms with Crippen LogP contribution in [0.2, 0.25) is 0 Å². The monoisotopic (exact) mass is 1100 g/mol. The summed E-state index contributed by atoms with van der Waals surface area (Å²) >= 11 is 0. The van der Waals surface area contributed by atoms with Crippen LogP contribution in [0.5, 0.6) is 0 Å². The third kappa shape index (κ3) is 10.8. The topological polar surface area (TPSA) is 0 Å². The van der Waals surface area contributed by atoms with Gasteiger partial charge >= 0.3 is 0 Å². The van der Waals surface area contributed by atoms with Crippen LogP contribution in [0.15, 0.2) is 243 Å². The molecule has 11 aromatic carbocycles. The maximum absolute atomic E-state index is 2.52. The van der Waals surface area contributed by atoms with Crippen molar-refractivity contribution < 1.29 is 0 Å². The first-order valence-corrected chi connectivity index (χ1v) is 30.7. The van der Waals surface area contributed by atoms with Crippen LogP contribution in [0.4, 0.5) is 0 Å². The second kappa shape index (κ2) is 21.5.